The largest absolute Gasteiger partial charge is 0.493 e. The predicted molar refractivity (Wildman–Crippen MR) is 112 cm³/mol. The van der Waals surface area contributed by atoms with Gasteiger partial charge in [-0.25, -0.2) is 9.97 Å². The first kappa shape index (κ1) is 19.5. The van der Waals surface area contributed by atoms with Crippen molar-refractivity contribution >= 4 is 39.3 Å². The summed E-state index contributed by atoms with van der Waals surface area (Å²) in [4.78, 5) is 20.3. The van der Waals surface area contributed by atoms with E-state index in [9.17, 15) is 4.79 Å². The van der Waals surface area contributed by atoms with Crippen molar-refractivity contribution in [1.82, 2.24) is 9.97 Å². The number of aromatic nitrogens is 2. The molecule has 0 spiro atoms. The lowest BCUT2D eigenvalue weighted by Crippen LogP contribution is -2.10. The van der Waals surface area contributed by atoms with Gasteiger partial charge in [0.2, 0.25) is 0 Å². The highest BCUT2D eigenvalue weighted by Gasteiger charge is 2.13. The Morgan fingerprint density at radius 1 is 1.13 bits per heavy atom. The maximum absolute atomic E-state index is 11.6. The molecule has 0 saturated carbocycles. The first-order valence-electron chi connectivity index (χ1n) is 9.53. The fraction of sp³-hybridized carbons (Fsp3) is 0.227. The molecule has 30 heavy (non-hydrogen) atoms. The van der Waals surface area contributed by atoms with E-state index in [-0.39, 0.29) is 19.0 Å². The summed E-state index contributed by atoms with van der Waals surface area (Å²) in [5.74, 6) is 1.34. The number of carbonyl (C=O) groups excluding carboxylic acids is 1. The summed E-state index contributed by atoms with van der Waals surface area (Å²) in [6.45, 7) is 2.29. The molecule has 2 heterocycles. The zero-order valence-electron chi connectivity index (χ0n) is 16.7. The van der Waals surface area contributed by atoms with E-state index in [2.05, 4.69) is 15.3 Å². The van der Waals surface area contributed by atoms with Gasteiger partial charge in [-0.2, -0.15) is 0 Å². The highest BCUT2D eigenvalue weighted by atomic mass is 16.5. The first-order chi connectivity index (χ1) is 14.7. The Hall–Kier alpha value is -3.81. The number of hydrogen-bond acceptors (Lipinski definition) is 8. The molecule has 4 aromatic rings. The number of ether oxygens (including phenoxy) is 3. The minimum absolute atomic E-state index is 0.149. The molecule has 0 saturated heterocycles. The number of rotatable bonds is 8. The van der Waals surface area contributed by atoms with E-state index in [1.54, 1.807) is 32.4 Å². The van der Waals surface area contributed by atoms with Crippen LogP contribution >= 0.6 is 0 Å². The van der Waals surface area contributed by atoms with Gasteiger partial charge in [0.15, 0.2) is 11.5 Å². The van der Waals surface area contributed by atoms with Gasteiger partial charge in [-0.05, 0) is 37.3 Å². The van der Waals surface area contributed by atoms with Gasteiger partial charge in [-0.15, -0.1) is 0 Å². The summed E-state index contributed by atoms with van der Waals surface area (Å²) in [5.41, 5.74) is 2.38. The van der Waals surface area contributed by atoms with Crippen LogP contribution < -0.4 is 14.8 Å². The van der Waals surface area contributed by atoms with Crippen molar-refractivity contribution in [3.63, 3.8) is 0 Å². The second kappa shape index (κ2) is 8.69. The van der Waals surface area contributed by atoms with Crippen LogP contribution in [0, 0.1) is 0 Å². The minimum atomic E-state index is -0.308. The summed E-state index contributed by atoms with van der Waals surface area (Å²) in [6, 6.07) is 11.3. The van der Waals surface area contributed by atoms with Crippen LogP contribution in [0.4, 0.5) is 11.5 Å². The quantitative estimate of drug-likeness (QED) is 0.428. The number of fused-ring (bicyclic) bond motifs is 2. The van der Waals surface area contributed by atoms with Gasteiger partial charge < -0.3 is 23.9 Å². The molecule has 0 aliphatic rings. The van der Waals surface area contributed by atoms with E-state index in [1.165, 1.54) is 6.33 Å². The fourth-order valence-corrected chi connectivity index (χ4v) is 3.09. The molecule has 8 heteroatoms. The second-order valence-electron chi connectivity index (χ2n) is 6.44. The Labute approximate surface area is 172 Å². The average Bonchev–Trinajstić information content (AvgIpc) is 3.22. The molecule has 8 nitrogen and oxygen atoms in total. The van der Waals surface area contributed by atoms with Crippen molar-refractivity contribution in [2.24, 2.45) is 0 Å². The second-order valence-corrected chi connectivity index (χ2v) is 6.44. The van der Waals surface area contributed by atoms with Gasteiger partial charge >= 0.3 is 5.97 Å². The molecule has 0 aliphatic carbocycles. The standard InChI is InChI=1S/C22H21N3O5/c1-3-28-21(26)7-9-30-20-11-16-17(12-19(20)27-2)23-13-24-22(16)25-15-4-5-18-14(10-15)6-8-29-18/h4-6,8,10-13H,3,7,9H2,1-2H3,(H,23,24,25). The van der Waals surface area contributed by atoms with Crippen LogP contribution in [0.25, 0.3) is 21.9 Å². The molecule has 0 atom stereocenters. The van der Waals surface area contributed by atoms with Crippen LogP contribution in [-0.2, 0) is 9.53 Å². The van der Waals surface area contributed by atoms with Gasteiger partial charge in [0.1, 0.15) is 17.7 Å². The summed E-state index contributed by atoms with van der Waals surface area (Å²) < 4.78 is 21.5. The van der Waals surface area contributed by atoms with E-state index in [4.69, 9.17) is 18.6 Å². The lowest BCUT2D eigenvalue weighted by atomic mass is 10.2. The van der Waals surface area contributed by atoms with Gasteiger partial charge in [0, 0.05) is 22.5 Å². The Kier molecular flexibility index (Phi) is 5.65. The third-order valence-electron chi connectivity index (χ3n) is 4.50. The smallest absolute Gasteiger partial charge is 0.309 e. The number of benzene rings is 2. The summed E-state index contributed by atoms with van der Waals surface area (Å²) in [7, 11) is 1.56. The number of nitrogens with zero attached hydrogens (tertiary/aromatic N) is 2. The number of anilines is 2. The average molecular weight is 407 g/mol. The first-order valence-corrected chi connectivity index (χ1v) is 9.53. The van der Waals surface area contributed by atoms with Crippen LogP contribution in [-0.4, -0.2) is 36.3 Å². The molecular weight excluding hydrogens is 386 g/mol. The van der Waals surface area contributed by atoms with Crippen LogP contribution in [0.2, 0.25) is 0 Å². The molecule has 0 amide bonds. The molecule has 4 rings (SSSR count). The van der Waals surface area contributed by atoms with Gasteiger partial charge in [0.25, 0.3) is 0 Å². The SMILES string of the molecule is CCOC(=O)CCOc1cc2c(Nc3ccc4occc4c3)ncnc2cc1OC. The Bertz CT molecular complexity index is 1190. The summed E-state index contributed by atoms with van der Waals surface area (Å²) >= 11 is 0. The highest BCUT2D eigenvalue weighted by molar-refractivity contribution is 5.93. The van der Waals surface area contributed by atoms with Crippen molar-refractivity contribution in [1.29, 1.82) is 0 Å². The molecule has 2 aromatic heterocycles. The van der Waals surface area contributed by atoms with E-state index in [1.807, 2.05) is 24.3 Å². The molecule has 0 bridgehead atoms. The van der Waals surface area contributed by atoms with Crippen molar-refractivity contribution in [3.05, 3.63) is 49.0 Å². The Morgan fingerprint density at radius 3 is 2.87 bits per heavy atom. The monoisotopic (exact) mass is 407 g/mol. The topological polar surface area (TPSA) is 95.7 Å². The molecule has 0 radical (unpaired) electrons. The predicted octanol–water partition coefficient (Wildman–Crippen LogP) is 4.46. The molecule has 154 valence electrons. The van der Waals surface area contributed by atoms with E-state index < -0.39 is 0 Å². The third-order valence-corrected chi connectivity index (χ3v) is 4.50. The molecule has 0 unspecified atom stereocenters. The molecular formula is C22H21N3O5. The number of esters is 1. The number of furan rings is 1. The van der Waals surface area contributed by atoms with E-state index >= 15 is 0 Å². The van der Waals surface area contributed by atoms with Gasteiger partial charge in [-0.1, -0.05) is 0 Å². The minimum Gasteiger partial charge on any atom is -0.493 e. The van der Waals surface area contributed by atoms with Crippen molar-refractivity contribution in [2.45, 2.75) is 13.3 Å². The van der Waals surface area contributed by atoms with Crippen LogP contribution in [0.1, 0.15) is 13.3 Å². The molecule has 0 fully saturated rings. The maximum Gasteiger partial charge on any atom is 0.309 e. The van der Waals surface area contributed by atoms with E-state index in [0.717, 1.165) is 22.0 Å². The normalized spacial score (nSPS) is 10.9. The number of hydrogen-bond donors (Lipinski definition) is 1. The van der Waals surface area contributed by atoms with Crippen molar-refractivity contribution < 1.29 is 23.4 Å². The van der Waals surface area contributed by atoms with Gasteiger partial charge in [-0.3, -0.25) is 4.79 Å². The van der Waals surface area contributed by atoms with Crippen LogP contribution in [0.5, 0.6) is 11.5 Å². The summed E-state index contributed by atoms with van der Waals surface area (Å²) in [6.07, 6.45) is 3.29. The van der Waals surface area contributed by atoms with Crippen molar-refractivity contribution in [2.75, 3.05) is 25.6 Å². The maximum atomic E-state index is 11.6. The third kappa shape index (κ3) is 4.12. The van der Waals surface area contributed by atoms with Crippen LogP contribution in [0.3, 0.4) is 0 Å². The van der Waals surface area contributed by atoms with Crippen molar-refractivity contribution in [3.8, 4) is 11.5 Å². The number of nitrogens with one attached hydrogen (secondary N) is 1. The molecule has 1 N–H and O–H groups in total. The molecule has 0 aliphatic heterocycles. The van der Waals surface area contributed by atoms with Crippen LogP contribution in [0.15, 0.2) is 53.4 Å². The lowest BCUT2D eigenvalue weighted by molar-refractivity contribution is -0.143. The zero-order valence-corrected chi connectivity index (χ0v) is 16.7. The fourth-order valence-electron chi connectivity index (χ4n) is 3.09. The summed E-state index contributed by atoms with van der Waals surface area (Å²) in [5, 5.41) is 5.07. The Balaban J connectivity index is 1.62. The number of methoxy groups -OCH3 is 1. The van der Waals surface area contributed by atoms with Gasteiger partial charge in [0.05, 0.1) is 38.5 Å². The Morgan fingerprint density at radius 2 is 2.03 bits per heavy atom. The number of carbonyl (C=O) groups is 1. The molecule has 2 aromatic carbocycles. The lowest BCUT2D eigenvalue weighted by Gasteiger charge is -2.14. The zero-order chi connectivity index (χ0) is 20.9. The highest BCUT2D eigenvalue weighted by Crippen LogP contribution is 2.35. The van der Waals surface area contributed by atoms with E-state index in [0.29, 0.717) is 29.4 Å².